The Morgan fingerprint density at radius 1 is 1.00 bits per heavy atom. The van der Waals surface area contributed by atoms with E-state index in [0.29, 0.717) is 16.6 Å². The number of hydrogen-bond donors (Lipinski definition) is 3. The van der Waals surface area contributed by atoms with E-state index in [1.54, 1.807) is 17.7 Å². The van der Waals surface area contributed by atoms with Crippen molar-refractivity contribution >= 4 is 47.8 Å². The van der Waals surface area contributed by atoms with Crippen LogP contribution in [0, 0.1) is 0 Å². The Morgan fingerprint density at radius 2 is 1.61 bits per heavy atom. The number of benzene rings is 2. The Kier molecular flexibility index (Phi) is 8.70. The number of nitrogens with one attached hydrogen (secondary N) is 1. The molecule has 0 unspecified atom stereocenters. The molecule has 4 rings (SSSR count). The number of amides is 1. The number of halogens is 2. The fourth-order valence-electron chi connectivity index (χ4n) is 3.41. The number of hydroxylamine groups is 1. The topological polar surface area (TPSA) is 117 Å². The number of aromatic nitrogens is 2. The van der Waals surface area contributed by atoms with Gasteiger partial charge >= 0.3 is 0 Å². The van der Waals surface area contributed by atoms with Gasteiger partial charge in [0.05, 0.1) is 24.4 Å². The van der Waals surface area contributed by atoms with E-state index < -0.39 is 5.91 Å². The molecule has 0 aliphatic rings. The molecule has 8 nitrogen and oxygen atoms in total. The van der Waals surface area contributed by atoms with Crippen LogP contribution < -0.4 is 10.2 Å². The molecule has 2 aromatic heterocycles. The van der Waals surface area contributed by atoms with Crippen molar-refractivity contribution in [3.63, 3.8) is 0 Å². The molecule has 0 spiro atoms. The number of carbonyl (C=O) groups excluding carboxylic acids is 1. The van der Waals surface area contributed by atoms with Crippen LogP contribution in [0.4, 0.5) is 0 Å². The average molecular weight is 487 g/mol. The molecule has 2 heterocycles. The highest BCUT2D eigenvalue weighted by Gasteiger charge is 2.22. The number of rotatable bonds is 5. The highest BCUT2D eigenvalue weighted by Crippen LogP contribution is 2.36. The number of ether oxygens (including phenoxy) is 1. The van der Waals surface area contributed by atoms with Crippen molar-refractivity contribution < 1.29 is 19.9 Å². The summed E-state index contributed by atoms with van der Waals surface area (Å²) in [4.78, 5) is 21.1. The van der Waals surface area contributed by atoms with E-state index in [0.717, 1.165) is 22.3 Å². The minimum absolute atomic E-state index is 0. The molecule has 4 aromatic rings. The molecule has 0 saturated heterocycles. The summed E-state index contributed by atoms with van der Waals surface area (Å²) in [6, 6.07) is 16.9. The van der Waals surface area contributed by atoms with Crippen LogP contribution >= 0.6 is 24.8 Å². The Hall–Kier alpha value is -3.72. The van der Waals surface area contributed by atoms with Crippen molar-refractivity contribution in [2.75, 3.05) is 7.11 Å². The van der Waals surface area contributed by atoms with E-state index in [4.69, 9.17) is 9.94 Å². The lowest BCUT2D eigenvalue weighted by molar-refractivity contribution is 0.0705. The molecule has 1 amide bonds. The lowest BCUT2D eigenvalue weighted by Crippen LogP contribution is -2.20. The van der Waals surface area contributed by atoms with Gasteiger partial charge in [0, 0.05) is 23.3 Å². The van der Waals surface area contributed by atoms with E-state index in [-0.39, 0.29) is 36.1 Å². The van der Waals surface area contributed by atoms with Gasteiger partial charge in [-0.15, -0.1) is 24.8 Å². The molecule has 10 heteroatoms. The Morgan fingerprint density at radius 3 is 2.18 bits per heavy atom. The predicted molar refractivity (Wildman–Crippen MR) is 130 cm³/mol. The number of oxime groups is 1. The molecule has 0 aliphatic heterocycles. The summed E-state index contributed by atoms with van der Waals surface area (Å²) in [5.74, 6) is -0.464. The minimum Gasteiger partial charge on any atom is -0.494 e. The Balaban J connectivity index is 0.00000193. The summed E-state index contributed by atoms with van der Waals surface area (Å²) in [5, 5.41) is 21.4. The smallest absolute Gasteiger partial charge is 0.279 e. The van der Waals surface area contributed by atoms with Crippen molar-refractivity contribution in [3.8, 4) is 28.1 Å². The SMILES string of the molecule is COc1c(-c2ccc(-c3ccc(C=NO)cc3)cc2)nc2ccncc2c1C(=O)NO.Cl.Cl. The zero-order valence-electron chi connectivity index (χ0n) is 17.3. The number of hydrogen-bond acceptors (Lipinski definition) is 7. The summed E-state index contributed by atoms with van der Waals surface area (Å²) in [6.07, 6.45) is 4.45. The van der Waals surface area contributed by atoms with E-state index in [1.807, 2.05) is 48.5 Å². The third-order valence-corrected chi connectivity index (χ3v) is 4.88. The molecule has 170 valence electrons. The first-order valence-electron chi connectivity index (χ1n) is 9.30. The first kappa shape index (κ1) is 25.5. The van der Waals surface area contributed by atoms with Gasteiger partial charge in [0.2, 0.25) is 0 Å². The summed E-state index contributed by atoms with van der Waals surface area (Å²) in [7, 11) is 1.45. The van der Waals surface area contributed by atoms with Crippen molar-refractivity contribution in [3.05, 3.63) is 78.1 Å². The number of carbonyl (C=O) groups is 1. The average Bonchev–Trinajstić information content (AvgIpc) is 2.83. The van der Waals surface area contributed by atoms with E-state index in [9.17, 15) is 10.0 Å². The van der Waals surface area contributed by atoms with E-state index in [2.05, 4.69) is 15.1 Å². The van der Waals surface area contributed by atoms with Crippen molar-refractivity contribution in [2.45, 2.75) is 0 Å². The van der Waals surface area contributed by atoms with Crippen molar-refractivity contribution in [1.82, 2.24) is 15.4 Å². The molecule has 0 atom stereocenters. The van der Waals surface area contributed by atoms with Crippen LogP contribution in [0.1, 0.15) is 15.9 Å². The van der Waals surface area contributed by atoms with Gasteiger partial charge < -0.3 is 9.94 Å². The molecule has 3 N–H and O–H groups in total. The standard InChI is InChI=1S/C23H18N4O4.2ClH/c1-31-22-20(23(28)27-30)18-13-24-11-10-19(18)26-21(22)17-8-6-16(7-9-17)15-4-2-14(3-5-15)12-25-29;;/h2-13,29-30H,1H3,(H,27,28);2*1H. The summed E-state index contributed by atoms with van der Waals surface area (Å²) < 4.78 is 5.52. The van der Waals surface area contributed by atoms with Crippen LogP contribution in [0.15, 0.2) is 72.1 Å². The summed E-state index contributed by atoms with van der Waals surface area (Å²) in [6.45, 7) is 0. The third-order valence-electron chi connectivity index (χ3n) is 4.88. The highest BCUT2D eigenvalue weighted by atomic mass is 35.5. The zero-order chi connectivity index (χ0) is 21.8. The van der Waals surface area contributed by atoms with Gasteiger partial charge in [0.1, 0.15) is 5.69 Å². The monoisotopic (exact) mass is 486 g/mol. The molecule has 2 aromatic carbocycles. The van der Waals surface area contributed by atoms with Gasteiger partial charge in [-0.3, -0.25) is 15.0 Å². The first-order chi connectivity index (χ1) is 15.2. The molecule has 0 radical (unpaired) electrons. The van der Waals surface area contributed by atoms with E-state index >= 15 is 0 Å². The van der Waals surface area contributed by atoms with Gasteiger partial charge in [-0.1, -0.05) is 53.7 Å². The zero-order valence-corrected chi connectivity index (χ0v) is 18.9. The van der Waals surface area contributed by atoms with Crippen LogP contribution in [-0.2, 0) is 0 Å². The summed E-state index contributed by atoms with van der Waals surface area (Å²) in [5.41, 5.74) is 6.36. The van der Waals surface area contributed by atoms with Crippen molar-refractivity contribution in [1.29, 1.82) is 0 Å². The summed E-state index contributed by atoms with van der Waals surface area (Å²) >= 11 is 0. The van der Waals surface area contributed by atoms with Crippen LogP contribution in [0.25, 0.3) is 33.3 Å². The quantitative estimate of drug-likeness (QED) is 0.162. The number of fused-ring (bicyclic) bond motifs is 1. The largest absolute Gasteiger partial charge is 0.494 e. The van der Waals surface area contributed by atoms with E-state index in [1.165, 1.54) is 19.5 Å². The molecule has 0 fully saturated rings. The second-order valence-corrected chi connectivity index (χ2v) is 6.65. The fraction of sp³-hybridized carbons (Fsp3) is 0.0435. The second-order valence-electron chi connectivity index (χ2n) is 6.65. The van der Waals surface area contributed by atoms with Crippen molar-refractivity contribution in [2.24, 2.45) is 5.16 Å². The maximum absolute atomic E-state index is 12.4. The maximum atomic E-state index is 12.4. The van der Waals surface area contributed by atoms with Crippen LogP contribution in [0.3, 0.4) is 0 Å². The van der Waals surface area contributed by atoms with Crippen LogP contribution in [0.2, 0.25) is 0 Å². The number of nitrogens with zero attached hydrogens (tertiary/aromatic N) is 3. The third kappa shape index (κ3) is 5.04. The lowest BCUT2D eigenvalue weighted by Gasteiger charge is -2.15. The Bertz CT molecular complexity index is 1280. The molecule has 33 heavy (non-hydrogen) atoms. The van der Waals surface area contributed by atoms with Gasteiger partial charge in [-0.25, -0.2) is 10.5 Å². The molecule has 0 saturated carbocycles. The number of methoxy groups -OCH3 is 1. The fourth-order valence-corrected chi connectivity index (χ4v) is 3.41. The first-order valence-corrected chi connectivity index (χ1v) is 9.30. The number of pyridine rings is 2. The highest BCUT2D eigenvalue weighted by molar-refractivity contribution is 6.09. The predicted octanol–water partition coefficient (Wildman–Crippen LogP) is 4.74. The van der Waals surface area contributed by atoms with Gasteiger partial charge in [0.15, 0.2) is 5.75 Å². The van der Waals surface area contributed by atoms with Gasteiger partial charge in [-0.2, -0.15) is 0 Å². The molecular weight excluding hydrogens is 467 g/mol. The van der Waals surface area contributed by atoms with Crippen LogP contribution in [0.5, 0.6) is 5.75 Å². The Labute approximate surface area is 201 Å². The van der Waals surface area contributed by atoms with Crippen LogP contribution in [-0.4, -0.2) is 39.6 Å². The van der Waals surface area contributed by atoms with Gasteiger partial charge in [-0.05, 0) is 22.8 Å². The minimum atomic E-state index is -0.707. The second kappa shape index (κ2) is 11.2. The molecular formula is C23H20Cl2N4O4. The lowest BCUT2D eigenvalue weighted by atomic mass is 9.99. The van der Waals surface area contributed by atoms with Gasteiger partial charge in [0.25, 0.3) is 5.91 Å². The molecule has 0 bridgehead atoms. The maximum Gasteiger partial charge on any atom is 0.279 e. The molecule has 0 aliphatic carbocycles. The normalized spacial score (nSPS) is 10.4.